The highest BCUT2D eigenvalue weighted by atomic mass is 16.1. The van der Waals surface area contributed by atoms with E-state index in [0.29, 0.717) is 11.5 Å². The summed E-state index contributed by atoms with van der Waals surface area (Å²) in [5.41, 5.74) is 5.21. The van der Waals surface area contributed by atoms with Gasteiger partial charge in [0, 0.05) is 16.6 Å². The third-order valence-electron chi connectivity index (χ3n) is 3.88. The minimum absolute atomic E-state index is 0.399. The number of hydrogen-bond donors (Lipinski definition) is 0. The molecular weight excluding hydrogens is 270 g/mol. The molecule has 22 heavy (non-hydrogen) atoms. The lowest BCUT2D eigenvalue weighted by molar-refractivity contribution is 0.563. The predicted molar refractivity (Wildman–Crippen MR) is 89.9 cm³/mol. The molecule has 0 fully saturated rings. The van der Waals surface area contributed by atoms with Crippen molar-refractivity contribution in [3.63, 3.8) is 0 Å². The van der Waals surface area contributed by atoms with E-state index in [-0.39, 0.29) is 0 Å². The van der Waals surface area contributed by atoms with Crippen LogP contribution in [0.25, 0.3) is 10.9 Å². The van der Waals surface area contributed by atoms with Crippen LogP contribution in [-0.4, -0.2) is 11.3 Å². The number of para-hydroxylation sites is 1. The van der Waals surface area contributed by atoms with Gasteiger partial charge in [-0.3, -0.25) is 9.78 Å². The second-order valence-corrected chi connectivity index (χ2v) is 5.85. The fraction of sp³-hybridized carbons (Fsp3) is 0.200. The standard InChI is InChI=1S/C20H18NO/c1-14(2)20-12-17(18-5-3-4-6-19(18)21-20)11-15-7-9-16(13-22)10-8-15/h3-10,12,14H,11H2,1-2H3. The molecule has 0 saturated heterocycles. The summed E-state index contributed by atoms with van der Waals surface area (Å²) >= 11 is 0. The quantitative estimate of drug-likeness (QED) is 0.712. The van der Waals surface area contributed by atoms with Crippen molar-refractivity contribution >= 4 is 17.2 Å². The van der Waals surface area contributed by atoms with E-state index < -0.39 is 0 Å². The van der Waals surface area contributed by atoms with Crippen molar-refractivity contribution in [2.75, 3.05) is 0 Å². The molecule has 109 valence electrons. The molecule has 2 heteroatoms. The third kappa shape index (κ3) is 2.91. The maximum atomic E-state index is 10.6. The number of nitrogens with zero attached hydrogens (tertiary/aromatic N) is 1. The van der Waals surface area contributed by atoms with Gasteiger partial charge >= 0.3 is 0 Å². The SMILES string of the molecule is CC(C)c1cc(Cc2ccc([C]=O)cc2)c2ccccc2n1. The normalized spacial score (nSPS) is 11.0. The van der Waals surface area contributed by atoms with Crippen molar-refractivity contribution in [1.82, 2.24) is 4.98 Å². The van der Waals surface area contributed by atoms with Crippen LogP contribution in [0.4, 0.5) is 0 Å². The molecule has 1 aromatic heterocycles. The molecule has 0 aliphatic rings. The third-order valence-corrected chi connectivity index (χ3v) is 3.88. The van der Waals surface area contributed by atoms with E-state index in [9.17, 15) is 4.79 Å². The molecular formula is C20H18NO. The first kappa shape index (κ1) is 14.5. The van der Waals surface area contributed by atoms with Gasteiger partial charge in [0.25, 0.3) is 0 Å². The lowest BCUT2D eigenvalue weighted by atomic mass is 9.97. The van der Waals surface area contributed by atoms with E-state index >= 15 is 0 Å². The van der Waals surface area contributed by atoms with Crippen LogP contribution in [0.2, 0.25) is 0 Å². The van der Waals surface area contributed by atoms with E-state index in [0.717, 1.165) is 17.6 Å². The van der Waals surface area contributed by atoms with Gasteiger partial charge < -0.3 is 0 Å². The van der Waals surface area contributed by atoms with Gasteiger partial charge in [0.05, 0.1) is 5.52 Å². The van der Waals surface area contributed by atoms with E-state index in [1.54, 1.807) is 0 Å². The zero-order chi connectivity index (χ0) is 15.5. The number of carbonyl (C=O) groups excluding carboxylic acids is 1. The van der Waals surface area contributed by atoms with Crippen LogP contribution in [-0.2, 0) is 11.2 Å². The molecule has 3 aromatic rings. The Morgan fingerprint density at radius 3 is 2.45 bits per heavy atom. The average molecular weight is 288 g/mol. The highest BCUT2D eigenvalue weighted by Gasteiger charge is 2.09. The summed E-state index contributed by atoms with van der Waals surface area (Å²) in [7, 11) is 0. The summed E-state index contributed by atoms with van der Waals surface area (Å²) in [6, 6.07) is 18.1. The van der Waals surface area contributed by atoms with Crippen LogP contribution >= 0.6 is 0 Å². The van der Waals surface area contributed by atoms with Gasteiger partial charge in [-0.25, -0.2) is 0 Å². The Balaban J connectivity index is 2.05. The van der Waals surface area contributed by atoms with Gasteiger partial charge in [0.15, 0.2) is 0 Å². The van der Waals surface area contributed by atoms with Crippen LogP contribution in [0.5, 0.6) is 0 Å². The van der Waals surface area contributed by atoms with Crippen LogP contribution in [0.3, 0.4) is 0 Å². The summed E-state index contributed by atoms with van der Waals surface area (Å²) in [6.45, 7) is 4.32. The molecule has 0 atom stereocenters. The minimum atomic E-state index is 0.399. The maximum Gasteiger partial charge on any atom is 0.233 e. The Bertz CT molecular complexity index is 804. The molecule has 1 radical (unpaired) electrons. The largest absolute Gasteiger partial charge is 0.285 e. The van der Waals surface area contributed by atoms with Crippen LogP contribution in [0.1, 0.15) is 42.1 Å². The molecule has 0 aliphatic heterocycles. The number of rotatable bonds is 4. The molecule has 1 heterocycles. The van der Waals surface area contributed by atoms with Crippen LogP contribution in [0, 0.1) is 0 Å². The van der Waals surface area contributed by atoms with Crippen molar-refractivity contribution in [3.8, 4) is 0 Å². The molecule has 0 saturated carbocycles. The van der Waals surface area contributed by atoms with E-state index in [1.165, 1.54) is 16.5 Å². The van der Waals surface area contributed by atoms with Gasteiger partial charge in [0.1, 0.15) is 0 Å². The smallest absolute Gasteiger partial charge is 0.233 e. The lowest BCUT2D eigenvalue weighted by Gasteiger charge is -2.12. The predicted octanol–water partition coefficient (Wildman–Crippen LogP) is 4.41. The minimum Gasteiger partial charge on any atom is -0.285 e. The van der Waals surface area contributed by atoms with E-state index in [2.05, 4.69) is 32.0 Å². The molecule has 0 bridgehead atoms. The van der Waals surface area contributed by atoms with Gasteiger partial charge in [0.2, 0.25) is 6.29 Å². The molecule has 2 nitrogen and oxygen atoms in total. The fourth-order valence-corrected chi connectivity index (χ4v) is 2.62. The monoisotopic (exact) mass is 288 g/mol. The molecule has 0 N–H and O–H groups in total. The number of aromatic nitrogens is 1. The average Bonchev–Trinajstić information content (AvgIpc) is 2.55. The Labute approximate surface area is 130 Å². The van der Waals surface area contributed by atoms with Crippen molar-refractivity contribution < 1.29 is 4.79 Å². The Morgan fingerprint density at radius 1 is 1.05 bits per heavy atom. The number of hydrogen-bond acceptors (Lipinski definition) is 2. The highest BCUT2D eigenvalue weighted by Crippen LogP contribution is 2.24. The molecule has 0 amide bonds. The van der Waals surface area contributed by atoms with Crippen molar-refractivity contribution in [1.29, 1.82) is 0 Å². The van der Waals surface area contributed by atoms with Gasteiger partial charge in [-0.2, -0.15) is 0 Å². The summed E-state index contributed by atoms with van der Waals surface area (Å²) in [5, 5.41) is 1.19. The zero-order valence-electron chi connectivity index (χ0n) is 12.8. The van der Waals surface area contributed by atoms with Gasteiger partial charge in [-0.15, -0.1) is 0 Å². The molecule has 2 aromatic carbocycles. The van der Waals surface area contributed by atoms with Crippen molar-refractivity contribution in [2.45, 2.75) is 26.2 Å². The first-order valence-electron chi connectivity index (χ1n) is 7.53. The Kier molecular flexibility index (Phi) is 4.01. The Hall–Kier alpha value is -2.48. The molecule has 0 unspecified atom stereocenters. The van der Waals surface area contributed by atoms with Crippen LogP contribution in [0.15, 0.2) is 54.6 Å². The van der Waals surface area contributed by atoms with Crippen molar-refractivity contribution in [2.24, 2.45) is 0 Å². The number of fused-ring (bicyclic) bond motifs is 1. The first-order chi connectivity index (χ1) is 10.7. The summed E-state index contributed by atoms with van der Waals surface area (Å²) in [4.78, 5) is 15.4. The summed E-state index contributed by atoms with van der Waals surface area (Å²) in [5.74, 6) is 0.399. The Morgan fingerprint density at radius 2 is 1.77 bits per heavy atom. The summed E-state index contributed by atoms with van der Waals surface area (Å²) in [6.07, 6.45) is 2.75. The highest BCUT2D eigenvalue weighted by molar-refractivity contribution is 5.83. The lowest BCUT2D eigenvalue weighted by Crippen LogP contribution is -1.98. The number of pyridine rings is 1. The zero-order valence-corrected chi connectivity index (χ0v) is 12.8. The van der Waals surface area contributed by atoms with Crippen molar-refractivity contribution in [3.05, 3.63) is 77.0 Å². The molecule has 0 spiro atoms. The van der Waals surface area contributed by atoms with E-state index in [1.807, 2.05) is 42.7 Å². The summed E-state index contributed by atoms with van der Waals surface area (Å²) < 4.78 is 0. The van der Waals surface area contributed by atoms with Crippen LogP contribution < -0.4 is 0 Å². The van der Waals surface area contributed by atoms with Gasteiger partial charge in [-0.1, -0.05) is 56.3 Å². The van der Waals surface area contributed by atoms with Gasteiger partial charge in [-0.05, 0) is 35.6 Å². The number of benzene rings is 2. The second kappa shape index (κ2) is 6.10. The van der Waals surface area contributed by atoms with E-state index in [4.69, 9.17) is 4.98 Å². The molecule has 3 rings (SSSR count). The fourth-order valence-electron chi connectivity index (χ4n) is 2.62. The maximum absolute atomic E-state index is 10.6. The first-order valence-corrected chi connectivity index (χ1v) is 7.53. The second-order valence-electron chi connectivity index (χ2n) is 5.85. The topological polar surface area (TPSA) is 30.0 Å². The molecule has 0 aliphatic carbocycles.